The lowest BCUT2D eigenvalue weighted by Crippen LogP contribution is -2.82. The topological polar surface area (TPSA) is 66.8 Å². The Labute approximate surface area is 171 Å². The molecule has 2 bridgehead atoms. The molecule has 0 amide bonds. The number of likely N-dealkylation sites (tertiary alicyclic amines) is 1. The highest BCUT2D eigenvalue weighted by Crippen LogP contribution is 2.66. The molecular weight excluding hydrogens is 366 g/mol. The van der Waals surface area contributed by atoms with Gasteiger partial charge >= 0.3 is 0 Å². The third-order valence-corrected chi connectivity index (χ3v) is 9.38. The Morgan fingerprint density at radius 2 is 1.83 bits per heavy atom. The third kappa shape index (κ3) is 1.97. The van der Waals surface area contributed by atoms with E-state index in [-0.39, 0.29) is 17.6 Å². The Morgan fingerprint density at radius 3 is 2.52 bits per heavy atom. The summed E-state index contributed by atoms with van der Waals surface area (Å²) in [4.78, 5) is 13.0. The molecule has 3 saturated carbocycles. The number of carbonyl (C=O) groups excluding carboxylic acids is 1. The number of quaternary nitrogens is 1. The number of ether oxygens (including phenoxy) is 1. The average molecular weight is 397 g/mol. The van der Waals surface area contributed by atoms with Crippen molar-refractivity contribution < 1.29 is 24.2 Å². The molecule has 1 saturated heterocycles. The zero-order valence-corrected chi connectivity index (χ0v) is 16.9. The van der Waals surface area contributed by atoms with E-state index in [1.165, 1.54) is 44.3 Å². The number of nitrogens with zero attached hydrogens (tertiary/aromatic N) is 1. The number of hydrogen-bond acceptors (Lipinski definition) is 4. The second-order valence-corrected chi connectivity index (χ2v) is 11.0. The molecule has 2 aliphatic heterocycles. The summed E-state index contributed by atoms with van der Waals surface area (Å²) in [5.74, 6) is 2.31. The minimum atomic E-state index is -0.917. The summed E-state index contributed by atoms with van der Waals surface area (Å²) in [6.45, 7) is 3.42. The molecule has 7 rings (SSSR count). The number of piperidine rings is 1. The standard InChI is InChI=1S/C24H29NO4/c26-17-6-5-16-11-19-24(28)8-7-18(27)22-23(24,20(16)21(17)29-22)9-10-25(19,12-14-1-2-14)13-15-3-4-15/h5-6,14-15,19,22,28H,1-4,7-13H2/p+1/t19?,22-,23-,24+/m0/s1. The predicted octanol–water partition coefficient (Wildman–Crippen LogP) is 2.45. The van der Waals surface area contributed by atoms with Gasteiger partial charge in [0.1, 0.15) is 11.6 Å². The van der Waals surface area contributed by atoms with Gasteiger partial charge in [-0.1, -0.05) is 6.07 Å². The van der Waals surface area contributed by atoms with Gasteiger partial charge in [0, 0.05) is 36.7 Å². The van der Waals surface area contributed by atoms with E-state index in [0.29, 0.717) is 18.6 Å². The normalized spacial score (nSPS) is 41.1. The number of aromatic hydroxyl groups is 1. The molecule has 0 radical (unpaired) electrons. The van der Waals surface area contributed by atoms with Crippen LogP contribution in [0.5, 0.6) is 11.5 Å². The fraction of sp³-hybridized carbons (Fsp3) is 0.708. The van der Waals surface area contributed by atoms with Crippen LogP contribution >= 0.6 is 0 Å². The highest BCUT2D eigenvalue weighted by atomic mass is 16.5. The number of carbonyl (C=O) groups is 1. The van der Waals surface area contributed by atoms with Crippen molar-refractivity contribution in [2.75, 3.05) is 19.6 Å². The minimum Gasteiger partial charge on any atom is -0.504 e. The van der Waals surface area contributed by atoms with Crippen LogP contribution < -0.4 is 4.74 Å². The number of phenolic OH excluding ortho intramolecular Hbond substituents is 1. The van der Waals surface area contributed by atoms with E-state index in [4.69, 9.17) is 4.74 Å². The molecule has 4 aliphatic carbocycles. The first-order chi connectivity index (χ1) is 14.0. The lowest BCUT2D eigenvalue weighted by Gasteiger charge is -2.65. The summed E-state index contributed by atoms with van der Waals surface area (Å²) < 4.78 is 7.22. The van der Waals surface area contributed by atoms with Crippen LogP contribution in [-0.2, 0) is 16.6 Å². The molecule has 154 valence electrons. The van der Waals surface area contributed by atoms with Crippen molar-refractivity contribution >= 4 is 5.78 Å². The van der Waals surface area contributed by atoms with E-state index >= 15 is 0 Å². The first-order valence-corrected chi connectivity index (χ1v) is 11.6. The van der Waals surface area contributed by atoms with E-state index in [0.717, 1.165) is 41.3 Å². The van der Waals surface area contributed by atoms with Gasteiger partial charge in [0.05, 0.1) is 25.0 Å². The molecular formula is C24H30NO4+. The minimum absolute atomic E-state index is 0.0984. The molecule has 6 aliphatic rings. The van der Waals surface area contributed by atoms with Crippen LogP contribution in [-0.4, -0.2) is 57.9 Å². The molecule has 1 unspecified atom stereocenters. The van der Waals surface area contributed by atoms with Crippen molar-refractivity contribution in [3.05, 3.63) is 23.3 Å². The first kappa shape index (κ1) is 17.1. The van der Waals surface area contributed by atoms with Crippen molar-refractivity contribution in [2.24, 2.45) is 11.8 Å². The SMILES string of the molecule is O=C1CC[C@@]2(O)C3Cc4ccc(O)c5c4[C@@]2(CC[N+]3(CC2CC2)CC2CC2)[C@H]1O5. The second kappa shape index (κ2) is 5.17. The monoisotopic (exact) mass is 396 g/mol. The van der Waals surface area contributed by atoms with Crippen molar-refractivity contribution in [1.29, 1.82) is 0 Å². The Hall–Kier alpha value is -1.59. The van der Waals surface area contributed by atoms with Crippen molar-refractivity contribution in [1.82, 2.24) is 0 Å². The van der Waals surface area contributed by atoms with Crippen LogP contribution in [0.3, 0.4) is 0 Å². The highest BCUT2D eigenvalue weighted by molar-refractivity contribution is 5.90. The number of phenols is 1. The van der Waals surface area contributed by atoms with Crippen LogP contribution in [0.2, 0.25) is 0 Å². The lowest BCUT2D eigenvalue weighted by molar-refractivity contribution is -0.969. The molecule has 1 aromatic rings. The molecule has 4 atom stereocenters. The molecule has 29 heavy (non-hydrogen) atoms. The van der Waals surface area contributed by atoms with Gasteiger partial charge in [-0.25, -0.2) is 0 Å². The zero-order chi connectivity index (χ0) is 19.6. The fourth-order valence-electron chi connectivity index (χ4n) is 7.85. The van der Waals surface area contributed by atoms with Gasteiger partial charge in [-0.2, -0.15) is 0 Å². The van der Waals surface area contributed by atoms with E-state index in [9.17, 15) is 15.0 Å². The highest BCUT2D eigenvalue weighted by Gasteiger charge is 2.77. The summed E-state index contributed by atoms with van der Waals surface area (Å²) in [6.07, 6.45) is 7.26. The number of aliphatic hydroxyl groups is 1. The number of Topliss-reactive ketones (excluding diaryl/α,β-unsaturated/α-hetero) is 1. The summed E-state index contributed by atoms with van der Waals surface area (Å²) in [6, 6.07) is 3.89. The summed E-state index contributed by atoms with van der Waals surface area (Å²) in [5.41, 5.74) is 0.576. The van der Waals surface area contributed by atoms with Crippen LogP contribution in [0.25, 0.3) is 0 Å². The maximum absolute atomic E-state index is 13.0. The van der Waals surface area contributed by atoms with Crippen LogP contribution in [0.15, 0.2) is 12.1 Å². The van der Waals surface area contributed by atoms with E-state index in [1.807, 2.05) is 6.07 Å². The van der Waals surface area contributed by atoms with Crippen LogP contribution in [0.1, 0.15) is 56.1 Å². The molecule has 2 heterocycles. The molecule has 5 heteroatoms. The number of benzene rings is 1. The predicted molar refractivity (Wildman–Crippen MR) is 106 cm³/mol. The Morgan fingerprint density at radius 1 is 1.10 bits per heavy atom. The van der Waals surface area contributed by atoms with Gasteiger partial charge in [-0.15, -0.1) is 0 Å². The van der Waals surface area contributed by atoms with Gasteiger partial charge in [0.25, 0.3) is 0 Å². The molecule has 5 nitrogen and oxygen atoms in total. The summed E-state index contributed by atoms with van der Waals surface area (Å²) in [5, 5.41) is 23.0. The summed E-state index contributed by atoms with van der Waals surface area (Å²) >= 11 is 0. The van der Waals surface area contributed by atoms with Crippen molar-refractivity contribution in [3.8, 4) is 11.5 Å². The largest absolute Gasteiger partial charge is 0.504 e. The van der Waals surface area contributed by atoms with E-state index < -0.39 is 17.1 Å². The van der Waals surface area contributed by atoms with Gasteiger partial charge < -0.3 is 19.4 Å². The lowest BCUT2D eigenvalue weighted by atomic mass is 9.48. The van der Waals surface area contributed by atoms with E-state index in [1.54, 1.807) is 6.07 Å². The Kier molecular flexibility index (Phi) is 3.06. The average Bonchev–Trinajstić information content (AvgIpc) is 3.62. The molecule has 4 fully saturated rings. The number of ketones is 1. The second-order valence-electron chi connectivity index (χ2n) is 11.0. The van der Waals surface area contributed by atoms with E-state index in [2.05, 4.69) is 0 Å². The third-order valence-electron chi connectivity index (χ3n) is 9.38. The van der Waals surface area contributed by atoms with Crippen LogP contribution in [0, 0.1) is 11.8 Å². The fourth-order valence-corrected chi connectivity index (χ4v) is 7.85. The summed E-state index contributed by atoms with van der Waals surface area (Å²) in [7, 11) is 0. The number of hydrogen-bond donors (Lipinski definition) is 2. The molecule has 1 aromatic carbocycles. The first-order valence-electron chi connectivity index (χ1n) is 11.6. The maximum atomic E-state index is 13.0. The van der Waals surface area contributed by atoms with Gasteiger partial charge in [0.15, 0.2) is 23.4 Å². The number of rotatable bonds is 4. The maximum Gasteiger partial charge on any atom is 0.174 e. The molecule has 2 N–H and O–H groups in total. The smallest absolute Gasteiger partial charge is 0.174 e. The van der Waals surface area contributed by atoms with Gasteiger partial charge in [0.2, 0.25) is 0 Å². The molecule has 1 spiro atoms. The van der Waals surface area contributed by atoms with Crippen LogP contribution in [0.4, 0.5) is 0 Å². The quantitative estimate of drug-likeness (QED) is 0.768. The Bertz CT molecular complexity index is 921. The Balaban J connectivity index is 1.45. The van der Waals surface area contributed by atoms with Crippen molar-refractivity contribution in [3.63, 3.8) is 0 Å². The van der Waals surface area contributed by atoms with Gasteiger partial charge in [-0.05, 0) is 43.7 Å². The zero-order valence-electron chi connectivity index (χ0n) is 16.9. The van der Waals surface area contributed by atoms with Crippen molar-refractivity contribution in [2.45, 2.75) is 74.5 Å². The molecule has 0 aromatic heterocycles. The van der Waals surface area contributed by atoms with Gasteiger partial charge in [-0.3, -0.25) is 4.79 Å².